The van der Waals surface area contributed by atoms with Crippen LogP contribution in [-0.2, 0) is 0 Å². The first-order valence-corrected chi connectivity index (χ1v) is 7.46. The van der Waals surface area contributed by atoms with Crippen LogP contribution in [0.1, 0.15) is 36.7 Å². The summed E-state index contributed by atoms with van der Waals surface area (Å²) in [5, 5.41) is 0.340. The second kappa shape index (κ2) is 5.62. The molecule has 3 rings (SSSR count). The number of hydrogen-bond acceptors (Lipinski definition) is 3. The van der Waals surface area contributed by atoms with Gasteiger partial charge in [0.05, 0.1) is 16.4 Å². The van der Waals surface area contributed by atoms with Crippen LogP contribution in [0.25, 0.3) is 11.2 Å². The number of hydrogen-bond donors (Lipinski definition) is 0. The molecule has 21 heavy (non-hydrogen) atoms. The zero-order valence-corrected chi connectivity index (χ0v) is 13.2. The zero-order chi connectivity index (χ0) is 15.0. The summed E-state index contributed by atoms with van der Waals surface area (Å²) in [6.45, 7) is 3.98. The maximum Gasteiger partial charge on any atom is 0.160 e. The van der Waals surface area contributed by atoms with Crippen molar-refractivity contribution in [3.63, 3.8) is 0 Å². The lowest BCUT2D eigenvalue weighted by molar-refractivity contribution is 0.612. The highest BCUT2D eigenvalue weighted by atomic mass is 35.5. The Labute approximate surface area is 132 Å². The number of alkyl halides is 1. The van der Waals surface area contributed by atoms with E-state index in [9.17, 15) is 0 Å². The summed E-state index contributed by atoms with van der Waals surface area (Å²) in [6.07, 6.45) is 5.22. The van der Waals surface area contributed by atoms with Crippen LogP contribution < -0.4 is 0 Å². The van der Waals surface area contributed by atoms with Gasteiger partial charge in [-0.05, 0) is 31.5 Å². The molecule has 0 bridgehead atoms. The molecule has 3 aromatic heterocycles. The van der Waals surface area contributed by atoms with Crippen LogP contribution in [0.15, 0.2) is 36.8 Å². The molecule has 108 valence electrons. The van der Waals surface area contributed by atoms with Crippen molar-refractivity contribution in [1.29, 1.82) is 0 Å². The summed E-state index contributed by atoms with van der Waals surface area (Å²) in [6, 6.07) is 5.79. The van der Waals surface area contributed by atoms with Gasteiger partial charge >= 0.3 is 0 Å². The first-order chi connectivity index (χ1) is 10.1. The van der Waals surface area contributed by atoms with Gasteiger partial charge in [0.2, 0.25) is 0 Å². The topological polar surface area (TPSA) is 43.6 Å². The quantitative estimate of drug-likeness (QED) is 0.672. The molecule has 6 heteroatoms. The fourth-order valence-electron chi connectivity index (χ4n) is 2.41. The molecule has 0 aliphatic rings. The number of imidazole rings is 1. The van der Waals surface area contributed by atoms with Gasteiger partial charge in [-0.1, -0.05) is 17.7 Å². The Kier molecular flexibility index (Phi) is 3.83. The number of aromatic nitrogens is 4. The largest absolute Gasteiger partial charge is 0.304 e. The SMILES string of the molecule is CC(Cl)c1nc2cc(Cl)cnc2n1C(C)c1cccnc1. The van der Waals surface area contributed by atoms with Crippen LogP contribution >= 0.6 is 23.2 Å². The molecule has 3 heterocycles. The molecular formula is C15H14Cl2N4. The molecule has 0 N–H and O–H groups in total. The van der Waals surface area contributed by atoms with Crippen molar-refractivity contribution in [2.24, 2.45) is 0 Å². The highest BCUT2D eigenvalue weighted by molar-refractivity contribution is 6.31. The standard InChI is InChI=1S/C15H14Cl2N4/c1-9(16)14-20-13-6-12(17)8-19-15(13)21(14)10(2)11-4-3-5-18-7-11/h3-10H,1-2H3. The van der Waals surface area contributed by atoms with Crippen molar-refractivity contribution < 1.29 is 0 Å². The van der Waals surface area contributed by atoms with Gasteiger partial charge in [0.25, 0.3) is 0 Å². The van der Waals surface area contributed by atoms with Gasteiger partial charge in [-0.3, -0.25) is 4.98 Å². The Hall–Kier alpha value is -1.65. The van der Waals surface area contributed by atoms with Crippen LogP contribution in [0.2, 0.25) is 5.02 Å². The van der Waals surface area contributed by atoms with Crippen molar-refractivity contribution >= 4 is 34.4 Å². The van der Waals surface area contributed by atoms with Crippen molar-refractivity contribution in [2.45, 2.75) is 25.3 Å². The molecule has 0 saturated heterocycles. The molecule has 3 aromatic rings. The first-order valence-electron chi connectivity index (χ1n) is 6.65. The molecule has 0 aliphatic carbocycles. The Morgan fingerprint density at radius 3 is 2.71 bits per heavy atom. The highest BCUT2D eigenvalue weighted by Crippen LogP contribution is 2.30. The molecular weight excluding hydrogens is 307 g/mol. The van der Waals surface area contributed by atoms with Crippen molar-refractivity contribution in [1.82, 2.24) is 19.5 Å². The van der Waals surface area contributed by atoms with Crippen LogP contribution in [-0.4, -0.2) is 19.5 Å². The summed E-state index contributed by atoms with van der Waals surface area (Å²) in [5.74, 6) is 0.776. The van der Waals surface area contributed by atoms with Crippen LogP contribution in [0.5, 0.6) is 0 Å². The predicted octanol–water partition coefficient (Wildman–Crippen LogP) is 4.39. The lowest BCUT2D eigenvalue weighted by Crippen LogP contribution is -2.12. The molecule has 0 spiro atoms. The van der Waals surface area contributed by atoms with E-state index in [4.69, 9.17) is 23.2 Å². The molecule has 2 unspecified atom stereocenters. The van der Waals surface area contributed by atoms with E-state index in [1.54, 1.807) is 18.5 Å². The minimum atomic E-state index is -0.225. The third-order valence-electron chi connectivity index (χ3n) is 3.43. The van der Waals surface area contributed by atoms with Gasteiger partial charge in [0.1, 0.15) is 11.3 Å². The van der Waals surface area contributed by atoms with E-state index in [0.717, 1.165) is 22.6 Å². The summed E-state index contributed by atoms with van der Waals surface area (Å²) < 4.78 is 2.04. The lowest BCUT2D eigenvalue weighted by atomic mass is 10.1. The van der Waals surface area contributed by atoms with Crippen molar-refractivity contribution in [2.75, 3.05) is 0 Å². The van der Waals surface area contributed by atoms with Gasteiger partial charge in [-0.15, -0.1) is 11.6 Å². The number of halogens is 2. The number of nitrogens with zero attached hydrogens (tertiary/aromatic N) is 4. The van der Waals surface area contributed by atoms with E-state index >= 15 is 0 Å². The Balaban J connectivity index is 2.22. The predicted molar refractivity (Wildman–Crippen MR) is 84.9 cm³/mol. The second-order valence-corrected chi connectivity index (χ2v) is 6.01. The van der Waals surface area contributed by atoms with E-state index in [1.165, 1.54) is 0 Å². The molecule has 0 aromatic carbocycles. The van der Waals surface area contributed by atoms with Crippen molar-refractivity contribution in [3.8, 4) is 0 Å². The monoisotopic (exact) mass is 320 g/mol. The minimum Gasteiger partial charge on any atom is -0.304 e. The van der Waals surface area contributed by atoms with Gasteiger partial charge in [-0.2, -0.15) is 0 Å². The van der Waals surface area contributed by atoms with Crippen LogP contribution in [0.4, 0.5) is 0 Å². The molecule has 0 radical (unpaired) electrons. The van der Waals surface area contributed by atoms with Gasteiger partial charge in [0, 0.05) is 18.6 Å². The Morgan fingerprint density at radius 1 is 1.24 bits per heavy atom. The maximum absolute atomic E-state index is 6.29. The maximum atomic E-state index is 6.29. The molecule has 0 saturated carbocycles. The highest BCUT2D eigenvalue weighted by Gasteiger charge is 2.21. The summed E-state index contributed by atoms with van der Waals surface area (Å²) in [5.41, 5.74) is 2.60. The molecule has 0 aliphatic heterocycles. The summed E-state index contributed by atoms with van der Waals surface area (Å²) in [4.78, 5) is 13.2. The van der Waals surface area contributed by atoms with Crippen LogP contribution in [0.3, 0.4) is 0 Å². The molecule has 4 nitrogen and oxygen atoms in total. The fourth-order valence-corrected chi connectivity index (χ4v) is 2.72. The Bertz CT molecular complexity index is 768. The van der Waals surface area contributed by atoms with Gasteiger partial charge < -0.3 is 4.57 Å². The molecule has 0 amide bonds. The summed E-state index contributed by atoms with van der Waals surface area (Å²) in [7, 11) is 0. The zero-order valence-electron chi connectivity index (χ0n) is 11.7. The molecule has 2 atom stereocenters. The van der Waals surface area contributed by atoms with Crippen LogP contribution in [0, 0.1) is 0 Å². The number of rotatable bonds is 3. The van der Waals surface area contributed by atoms with Gasteiger partial charge in [0.15, 0.2) is 5.65 Å². The van der Waals surface area contributed by atoms with E-state index in [2.05, 4.69) is 21.9 Å². The number of pyridine rings is 2. The van der Waals surface area contributed by atoms with E-state index in [1.807, 2.05) is 29.8 Å². The van der Waals surface area contributed by atoms with E-state index < -0.39 is 0 Å². The molecule has 0 fully saturated rings. The lowest BCUT2D eigenvalue weighted by Gasteiger charge is -2.18. The second-order valence-electron chi connectivity index (χ2n) is 4.91. The third-order valence-corrected chi connectivity index (χ3v) is 3.84. The average Bonchev–Trinajstić information content (AvgIpc) is 2.86. The van der Waals surface area contributed by atoms with Crippen molar-refractivity contribution in [3.05, 3.63) is 53.2 Å². The normalized spacial score (nSPS) is 14.3. The van der Waals surface area contributed by atoms with E-state index in [0.29, 0.717) is 5.02 Å². The third kappa shape index (κ3) is 2.61. The number of fused-ring (bicyclic) bond motifs is 1. The fraction of sp³-hybridized carbons (Fsp3) is 0.267. The average molecular weight is 321 g/mol. The van der Waals surface area contributed by atoms with Gasteiger partial charge in [-0.25, -0.2) is 9.97 Å². The Morgan fingerprint density at radius 2 is 2.05 bits per heavy atom. The smallest absolute Gasteiger partial charge is 0.160 e. The minimum absolute atomic E-state index is 0.0357. The summed E-state index contributed by atoms with van der Waals surface area (Å²) >= 11 is 12.3. The first kappa shape index (κ1) is 14.3. The van der Waals surface area contributed by atoms with E-state index in [-0.39, 0.29) is 11.4 Å².